The summed E-state index contributed by atoms with van der Waals surface area (Å²) in [6.07, 6.45) is 6.39. The van der Waals surface area contributed by atoms with E-state index in [2.05, 4.69) is 19.9 Å². The van der Waals surface area contributed by atoms with E-state index in [-0.39, 0.29) is 18.3 Å². The number of rotatable bonds is 8. The molecule has 0 radical (unpaired) electrons. The standard InChI is InChI=1S/C28H34N6O4/c1-36-25-16-26(37-2)32-24(31-25)18-38-23-15-21(17-30-27(23)29)19-5-7-20(8-6-19)28(35)34-13-9-22(10-14-34)33-11-3-4-12-33/h5-8,15-17,22H,3-4,9-14,18H2,1-2H3,(H2,29,30). The zero-order valence-electron chi connectivity index (χ0n) is 21.9. The number of ether oxygens (including phenoxy) is 3. The van der Waals surface area contributed by atoms with Gasteiger partial charge in [-0.2, -0.15) is 9.97 Å². The van der Waals surface area contributed by atoms with Gasteiger partial charge >= 0.3 is 0 Å². The molecule has 200 valence electrons. The van der Waals surface area contributed by atoms with Crippen LogP contribution in [0.5, 0.6) is 17.5 Å². The Kier molecular flexibility index (Phi) is 7.88. The number of benzene rings is 1. The Labute approximate surface area is 222 Å². The number of carbonyl (C=O) groups excluding carboxylic acids is 1. The van der Waals surface area contributed by atoms with Crippen molar-refractivity contribution in [2.24, 2.45) is 0 Å². The number of carbonyl (C=O) groups is 1. The molecule has 0 atom stereocenters. The van der Waals surface area contributed by atoms with Crippen LogP contribution in [0.25, 0.3) is 11.1 Å². The number of nitrogens with two attached hydrogens (primary N) is 1. The molecule has 5 rings (SSSR count). The Morgan fingerprint density at radius 2 is 1.61 bits per heavy atom. The minimum atomic E-state index is 0.0603. The molecule has 2 aliphatic heterocycles. The zero-order valence-corrected chi connectivity index (χ0v) is 21.9. The number of hydrogen-bond donors (Lipinski definition) is 1. The lowest BCUT2D eigenvalue weighted by molar-refractivity contribution is 0.0644. The Morgan fingerprint density at radius 1 is 0.947 bits per heavy atom. The highest BCUT2D eigenvalue weighted by molar-refractivity contribution is 5.94. The number of pyridine rings is 1. The van der Waals surface area contributed by atoms with Crippen LogP contribution in [0.4, 0.5) is 5.82 Å². The van der Waals surface area contributed by atoms with Crippen LogP contribution in [0.3, 0.4) is 0 Å². The van der Waals surface area contributed by atoms with Crippen molar-refractivity contribution < 1.29 is 19.0 Å². The molecule has 0 aliphatic carbocycles. The third-order valence-corrected chi connectivity index (χ3v) is 7.26. The van der Waals surface area contributed by atoms with Crippen molar-refractivity contribution in [3.05, 3.63) is 54.0 Å². The van der Waals surface area contributed by atoms with Gasteiger partial charge in [0.2, 0.25) is 11.8 Å². The topological polar surface area (TPSA) is 116 Å². The monoisotopic (exact) mass is 518 g/mol. The van der Waals surface area contributed by atoms with E-state index in [0.29, 0.717) is 34.9 Å². The molecule has 2 aromatic heterocycles. The molecule has 0 bridgehead atoms. The fourth-order valence-corrected chi connectivity index (χ4v) is 5.12. The minimum absolute atomic E-state index is 0.0603. The molecule has 2 aliphatic rings. The van der Waals surface area contributed by atoms with Crippen molar-refractivity contribution in [3.8, 4) is 28.6 Å². The first kappa shape index (κ1) is 25.7. The van der Waals surface area contributed by atoms with Gasteiger partial charge in [-0.25, -0.2) is 4.98 Å². The number of anilines is 1. The second-order valence-corrected chi connectivity index (χ2v) is 9.61. The molecular formula is C28H34N6O4. The fraction of sp³-hybridized carbons (Fsp3) is 0.429. The van der Waals surface area contributed by atoms with E-state index in [0.717, 1.165) is 37.1 Å². The fourth-order valence-electron chi connectivity index (χ4n) is 5.12. The van der Waals surface area contributed by atoms with Crippen molar-refractivity contribution in [1.29, 1.82) is 0 Å². The van der Waals surface area contributed by atoms with Crippen LogP contribution in [0.1, 0.15) is 41.9 Å². The van der Waals surface area contributed by atoms with Gasteiger partial charge in [0.15, 0.2) is 17.4 Å². The first-order valence-electron chi connectivity index (χ1n) is 13.0. The summed E-state index contributed by atoms with van der Waals surface area (Å²) in [5, 5.41) is 0. The minimum Gasteiger partial charge on any atom is -0.482 e. The third kappa shape index (κ3) is 5.80. The summed E-state index contributed by atoms with van der Waals surface area (Å²) in [7, 11) is 3.04. The molecule has 10 heteroatoms. The summed E-state index contributed by atoms with van der Waals surface area (Å²) in [6, 6.07) is 11.6. The van der Waals surface area contributed by atoms with E-state index in [1.807, 2.05) is 35.2 Å². The van der Waals surface area contributed by atoms with Crippen molar-refractivity contribution in [2.75, 3.05) is 46.1 Å². The molecule has 4 heterocycles. The Bertz CT molecular complexity index is 1230. The van der Waals surface area contributed by atoms with Gasteiger partial charge in [0.25, 0.3) is 5.91 Å². The average molecular weight is 519 g/mol. The first-order chi connectivity index (χ1) is 18.5. The summed E-state index contributed by atoms with van der Waals surface area (Å²) in [4.78, 5) is 30.5. The number of piperidine rings is 1. The van der Waals surface area contributed by atoms with E-state index in [9.17, 15) is 4.79 Å². The highest BCUT2D eigenvalue weighted by Gasteiger charge is 2.28. The van der Waals surface area contributed by atoms with Crippen LogP contribution in [-0.2, 0) is 6.61 Å². The SMILES string of the molecule is COc1cc(OC)nc(COc2cc(-c3ccc(C(=O)N4CCC(N5CCCC5)CC4)cc3)cnc2N)n1. The van der Waals surface area contributed by atoms with E-state index >= 15 is 0 Å². The Hall–Kier alpha value is -3.92. The van der Waals surface area contributed by atoms with Gasteiger partial charge in [-0.3, -0.25) is 4.79 Å². The number of nitrogen functional groups attached to an aromatic ring is 1. The van der Waals surface area contributed by atoms with Gasteiger partial charge in [-0.15, -0.1) is 0 Å². The number of amides is 1. The van der Waals surface area contributed by atoms with E-state index in [1.54, 1.807) is 12.3 Å². The molecule has 2 saturated heterocycles. The molecule has 2 fully saturated rings. The summed E-state index contributed by atoms with van der Waals surface area (Å²) in [6.45, 7) is 4.10. The van der Waals surface area contributed by atoms with Crippen LogP contribution in [0.2, 0.25) is 0 Å². The summed E-state index contributed by atoms with van der Waals surface area (Å²) < 4.78 is 16.3. The van der Waals surface area contributed by atoms with Gasteiger partial charge < -0.3 is 29.7 Å². The van der Waals surface area contributed by atoms with Crippen molar-refractivity contribution in [3.63, 3.8) is 0 Å². The maximum absolute atomic E-state index is 13.1. The number of likely N-dealkylation sites (tertiary alicyclic amines) is 2. The molecule has 1 aromatic carbocycles. The van der Waals surface area contributed by atoms with Gasteiger partial charge in [0, 0.05) is 36.5 Å². The molecular weight excluding hydrogens is 484 g/mol. The lowest BCUT2D eigenvalue weighted by Crippen LogP contribution is -2.45. The lowest BCUT2D eigenvalue weighted by Gasteiger charge is -2.36. The predicted molar refractivity (Wildman–Crippen MR) is 143 cm³/mol. The molecule has 0 spiro atoms. The number of nitrogens with zero attached hydrogens (tertiary/aromatic N) is 5. The normalized spacial score (nSPS) is 16.4. The second kappa shape index (κ2) is 11.6. The highest BCUT2D eigenvalue weighted by Crippen LogP contribution is 2.29. The Morgan fingerprint density at radius 3 is 2.24 bits per heavy atom. The smallest absolute Gasteiger partial charge is 0.253 e. The van der Waals surface area contributed by atoms with E-state index < -0.39 is 0 Å². The zero-order chi connectivity index (χ0) is 26.5. The van der Waals surface area contributed by atoms with E-state index in [1.165, 1.54) is 40.2 Å². The van der Waals surface area contributed by atoms with Crippen molar-refractivity contribution in [2.45, 2.75) is 38.3 Å². The van der Waals surface area contributed by atoms with Crippen LogP contribution in [0.15, 0.2) is 42.6 Å². The van der Waals surface area contributed by atoms with Crippen LogP contribution in [0, 0.1) is 0 Å². The summed E-state index contributed by atoms with van der Waals surface area (Å²) in [5.41, 5.74) is 8.48. The molecule has 3 aromatic rings. The molecule has 0 saturated carbocycles. The number of hydrogen-bond acceptors (Lipinski definition) is 9. The second-order valence-electron chi connectivity index (χ2n) is 9.61. The van der Waals surface area contributed by atoms with Crippen LogP contribution >= 0.6 is 0 Å². The third-order valence-electron chi connectivity index (χ3n) is 7.26. The maximum Gasteiger partial charge on any atom is 0.253 e. The van der Waals surface area contributed by atoms with Gasteiger partial charge in [0.05, 0.1) is 20.3 Å². The molecule has 0 unspecified atom stereocenters. The van der Waals surface area contributed by atoms with Gasteiger partial charge in [-0.05, 0) is 62.5 Å². The quantitative estimate of drug-likeness (QED) is 0.479. The van der Waals surface area contributed by atoms with Crippen LogP contribution in [-0.4, -0.2) is 77.1 Å². The van der Waals surface area contributed by atoms with Gasteiger partial charge in [0.1, 0.15) is 6.61 Å². The van der Waals surface area contributed by atoms with Gasteiger partial charge in [-0.1, -0.05) is 12.1 Å². The maximum atomic E-state index is 13.1. The number of aromatic nitrogens is 3. The predicted octanol–water partition coefficient (Wildman–Crippen LogP) is 3.42. The first-order valence-corrected chi connectivity index (χ1v) is 13.0. The highest BCUT2D eigenvalue weighted by atomic mass is 16.5. The van der Waals surface area contributed by atoms with Crippen molar-refractivity contribution >= 4 is 11.7 Å². The average Bonchev–Trinajstić information content (AvgIpc) is 3.51. The number of methoxy groups -OCH3 is 2. The lowest BCUT2D eigenvalue weighted by atomic mass is 10.0. The molecule has 38 heavy (non-hydrogen) atoms. The van der Waals surface area contributed by atoms with Crippen LogP contribution < -0.4 is 19.9 Å². The van der Waals surface area contributed by atoms with E-state index in [4.69, 9.17) is 19.9 Å². The molecule has 1 amide bonds. The largest absolute Gasteiger partial charge is 0.482 e. The summed E-state index contributed by atoms with van der Waals surface area (Å²) >= 11 is 0. The molecule has 2 N–H and O–H groups in total. The molecule has 10 nitrogen and oxygen atoms in total. The Balaban J connectivity index is 1.22. The van der Waals surface area contributed by atoms with Crippen molar-refractivity contribution in [1.82, 2.24) is 24.8 Å². The summed E-state index contributed by atoms with van der Waals surface area (Å²) in [5.74, 6) is 1.89.